The molecule has 0 aliphatic carbocycles. The van der Waals surface area contributed by atoms with Crippen molar-refractivity contribution in [2.75, 3.05) is 23.9 Å². The van der Waals surface area contributed by atoms with Gasteiger partial charge in [-0.3, -0.25) is 14.2 Å². The maximum absolute atomic E-state index is 13.1. The van der Waals surface area contributed by atoms with Crippen LogP contribution >= 0.6 is 23.5 Å². The highest BCUT2D eigenvalue weighted by Crippen LogP contribution is 2.29. The summed E-state index contributed by atoms with van der Waals surface area (Å²) in [4.78, 5) is 31.0. The molecule has 0 radical (unpaired) electrons. The van der Waals surface area contributed by atoms with Crippen molar-refractivity contribution in [3.05, 3.63) is 76.2 Å². The number of ether oxygens (including phenoxy) is 1. The van der Waals surface area contributed by atoms with Gasteiger partial charge in [0.15, 0.2) is 5.16 Å². The zero-order valence-electron chi connectivity index (χ0n) is 16.5. The van der Waals surface area contributed by atoms with Gasteiger partial charge in [-0.05, 0) is 29.8 Å². The van der Waals surface area contributed by atoms with Gasteiger partial charge >= 0.3 is 0 Å². The van der Waals surface area contributed by atoms with Crippen LogP contribution in [0.2, 0.25) is 0 Å². The van der Waals surface area contributed by atoms with E-state index in [0.717, 1.165) is 34.1 Å². The summed E-state index contributed by atoms with van der Waals surface area (Å²) < 4.78 is 6.81. The Labute approximate surface area is 183 Å². The molecule has 0 atom stereocenters. The Balaban J connectivity index is 1.51. The van der Waals surface area contributed by atoms with Crippen molar-refractivity contribution in [3.63, 3.8) is 0 Å². The topological polar surface area (TPSA) is 73.2 Å². The number of hydrogen-bond donors (Lipinski definition) is 1. The smallest absolute Gasteiger partial charge is 0.268 e. The lowest BCUT2D eigenvalue weighted by Crippen LogP contribution is -2.26. The maximum atomic E-state index is 13.1. The molecule has 0 saturated carbocycles. The predicted molar refractivity (Wildman–Crippen MR) is 121 cm³/mol. The zero-order valence-corrected chi connectivity index (χ0v) is 18.1. The highest BCUT2D eigenvalue weighted by Gasteiger charge is 2.22. The number of aromatic nitrogens is 2. The number of rotatable bonds is 7. The van der Waals surface area contributed by atoms with Crippen LogP contribution in [0.15, 0.2) is 69.4 Å². The van der Waals surface area contributed by atoms with Gasteiger partial charge in [0.2, 0.25) is 5.91 Å². The molecule has 1 amide bonds. The van der Waals surface area contributed by atoms with Crippen molar-refractivity contribution in [2.45, 2.75) is 23.0 Å². The number of amides is 1. The van der Waals surface area contributed by atoms with Crippen molar-refractivity contribution < 1.29 is 9.53 Å². The number of methoxy groups -OCH3 is 1. The average molecular weight is 440 g/mol. The number of fused-ring (bicyclic) bond motifs is 1. The quantitative estimate of drug-likeness (QED) is 0.447. The second kappa shape index (κ2) is 9.40. The number of carbonyl (C=O) groups is 1. The number of nitrogens with zero attached hydrogens (tertiary/aromatic N) is 2. The van der Waals surface area contributed by atoms with E-state index in [1.54, 1.807) is 47.7 Å². The van der Waals surface area contributed by atoms with Gasteiger partial charge in [-0.2, -0.15) is 0 Å². The first-order valence-corrected chi connectivity index (χ1v) is 11.5. The molecular weight excluding hydrogens is 418 g/mol. The Morgan fingerprint density at radius 1 is 1.20 bits per heavy atom. The molecule has 4 rings (SSSR count). The zero-order chi connectivity index (χ0) is 20.9. The summed E-state index contributed by atoms with van der Waals surface area (Å²) >= 11 is 2.85. The fraction of sp³-hybridized carbons (Fsp3) is 0.227. The van der Waals surface area contributed by atoms with Crippen molar-refractivity contribution in [1.82, 2.24) is 9.55 Å². The number of carbonyl (C=O) groups excluding carboxylic acids is 1. The first kappa shape index (κ1) is 20.6. The largest absolute Gasteiger partial charge is 0.497 e. The summed E-state index contributed by atoms with van der Waals surface area (Å²) in [5.41, 5.74) is 2.53. The lowest BCUT2D eigenvalue weighted by molar-refractivity contribution is -0.113. The van der Waals surface area contributed by atoms with Crippen LogP contribution in [0.3, 0.4) is 0 Å². The van der Waals surface area contributed by atoms with E-state index >= 15 is 0 Å². The van der Waals surface area contributed by atoms with Crippen molar-refractivity contribution in [1.29, 1.82) is 0 Å². The van der Waals surface area contributed by atoms with E-state index in [1.165, 1.54) is 11.8 Å². The lowest BCUT2D eigenvalue weighted by Gasteiger charge is -2.14. The molecule has 1 aliphatic heterocycles. The van der Waals surface area contributed by atoms with E-state index in [4.69, 9.17) is 9.72 Å². The molecule has 0 fully saturated rings. The molecule has 0 unspecified atom stereocenters. The van der Waals surface area contributed by atoms with Crippen molar-refractivity contribution in [2.24, 2.45) is 0 Å². The molecule has 154 valence electrons. The number of nitrogens with one attached hydrogen (secondary N) is 1. The van der Waals surface area contributed by atoms with Crippen LogP contribution in [-0.2, 0) is 17.8 Å². The minimum Gasteiger partial charge on any atom is -0.497 e. The Morgan fingerprint density at radius 2 is 1.97 bits per heavy atom. The van der Waals surface area contributed by atoms with Gasteiger partial charge in [-0.15, -0.1) is 11.8 Å². The third-order valence-electron chi connectivity index (χ3n) is 4.64. The van der Waals surface area contributed by atoms with Crippen LogP contribution in [-0.4, -0.2) is 34.1 Å². The number of hydrogen-bond acceptors (Lipinski definition) is 6. The molecule has 1 aliphatic rings. The number of benzene rings is 2. The molecule has 3 aromatic rings. The fourth-order valence-corrected chi connectivity index (χ4v) is 5.00. The minimum atomic E-state index is -0.152. The summed E-state index contributed by atoms with van der Waals surface area (Å²) in [7, 11) is 1.60. The Kier molecular flexibility index (Phi) is 6.44. The summed E-state index contributed by atoms with van der Waals surface area (Å²) in [5, 5.41) is 3.44. The monoisotopic (exact) mass is 439 g/mol. The number of anilines is 1. The average Bonchev–Trinajstić information content (AvgIpc) is 3.25. The van der Waals surface area contributed by atoms with E-state index in [2.05, 4.69) is 5.32 Å². The van der Waals surface area contributed by atoms with Crippen molar-refractivity contribution >= 4 is 35.1 Å². The summed E-state index contributed by atoms with van der Waals surface area (Å²) in [6.07, 6.45) is 0.785. The maximum Gasteiger partial charge on any atom is 0.268 e. The third kappa shape index (κ3) is 4.71. The van der Waals surface area contributed by atoms with Crippen LogP contribution in [0.4, 0.5) is 5.69 Å². The van der Waals surface area contributed by atoms with Crippen LogP contribution in [0.1, 0.15) is 11.3 Å². The van der Waals surface area contributed by atoms with Gasteiger partial charge in [0.1, 0.15) is 5.75 Å². The second-order valence-corrected chi connectivity index (χ2v) is 8.76. The van der Waals surface area contributed by atoms with Gasteiger partial charge in [-0.1, -0.05) is 42.1 Å². The Bertz CT molecular complexity index is 1100. The van der Waals surface area contributed by atoms with Gasteiger partial charge in [0.05, 0.1) is 30.0 Å². The van der Waals surface area contributed by atoms with Crippen LogP contribution < -0.4 is 15.6 Å². The fourth-order valence-electron chi connectivity index (χ4n) is 3.14. The van der Waals surface area contributed by atoms with Crippen molar-refractivity contribution in [3.8, 4) is 5.75 Å². The molecule has 30 heavy (non-hydrogen) atoms. The molecule has 0 bridgehead atoms. The van der Waals surface area contributed by atoms with Crippen LogP contribution in [0, 0.1) is 0 Å². The third-order valence-corrected chi connectivity index (χ3v) is 6.72. The SMILES string of the molecule is COc1ccc(NC(=O)CSc2nc3c(c(=O)n2Cc2ccccc2)SCC3)cc1. The van der Waals surface area contributed by atoms with Crippen LogP contribution in [0.25, 0.3) is 0 Å². The van der Waals surface area contributed by atoms with Gasteiger partial charge in [-0.25, -0.2) is 4.98 Å². The van der Waals surface area contributed by atoms with E-state index in [-0.39, 0.29) is 17.2 Å². The molecule has 2 aromatic carbocycles. The molecule has 1 aromatic heterocycles. The number of aryl methyl sites for hydroxylation is 1. The molecule has 1 N–H and O–H groups in total. The standard InChI is InChI=1S/C22H21N3O3S2/c1-28-17-9-7-16(8-10-17)23-19(26)14-30-22-24-18-11-12-29-20(18)21(27)25(22)13-15-5-3-2-4-6-15/h2-10H,11-14H2,1H3,(H,23,26). The first-order valence-electron chi connectivity index (χ1n) is 9.51. The lowest BCUT2D eigenvalue weighted by atomic mass is 10.2. The van der Waals surface area contributed by atoms with Gasteiger partial charge < -0.3 is 10.1 Å². The van der Waals surface area contributed by atoms with E-state index in [9.17, 15) is 9.59 Å². The van der Waals surface area contributed by atoms with E-state index in [0.29, 0.717) is 17.4 Å². The summed E-state index contributed by atoms with van der Waals surface area (Å²) in [6, 6.07) is 17.0. The predicted octanol–water partition coefficient (Wildman–Crippen LogP) is 3.68. The Morgan fingerprint density at radius 3 is 2.70 bits per heavy atom. The first-order chi connectivity index (χ1) is 14.6. The Hall–Kier alpha value is -2.71. The molecule has 8 heteroatoms. The number of thioether (sulfide) groups is 2. The molecule has 0 spiro atoms. The molecule has 0 saturated heterocycles. The minimum absolute atomic E-state index is 0.0237. The van der Waals surface area contributed by atoms with E-state index in [1.807, 2.05) is 30.3 Å². The molecular formula is C22H21N3O3S2. The van der Waals surface area contributed by atoms with E-state index < -0.39 is 0 Å². The summed E-state index contributed by atoms with van der Waals surface area (Å²) in [5.74, 6) is 1.61. The second-order valence-electron chi connectivity index (χ2n) is 6.71. The normalized spacial score (nSPS) is 12.4. The molecule has 6 nitrogen and oxygen atoms in total. The van der Waals surface area contributed by atoms with Crippen LogP contribution in [0.5, 0.6) is 5.75 Å². The highest BCUT2D eigenvalue weighted by molar-refractivity contribution is 8.00. The van der Waals surface area contributed by atoms with Gasteiger partial charge in [0.25, 0.3) is 5.56 Å². The highest BCUT2D eigenvalue weighted by atomic mass is 32.2. The van der Waals surface area contributed by atoms with Gasteiger partial charge in [0, 0.05) is 17.9 Å². The molecule has 2 heterocycles. The summed E-state index contributed by atoms with van der Waals surface area (Å²) in [6.45, 7) is 0.433.